The number of likely N-dealkylation sites (N-methyl/N-ethyl adjacent to an activating group) is 1. The number of hydrogen-bond donors (Lipinski definition) is 0. The molecule has 1 heterocycles. The highest BCUT2D eigenvalue weighted by molar-refractivity contribution is 5.94. The van der Waals surface area contributed by atoms with Crippen molar-refractivity contribution in [3.63, 3.8) is 0 Å². The van der Waals surface area contributed by atoms with Gasteiger partial charge in [0.2, 0.25) is 0 Å². The Morgan fingerprint density at radius 3 is 2.57 bits per heavy atom. The Hall–Kier alpha value is -1.63. The van der Waals surface area contributed by atoms with Gasteiger partial charge in [-0.15, -0.1) is 0 Å². The number of hydrogen-bond acceptors (Lipinski definition) is 2. The first-order valence-electron chi connectivity index (χ1n) is 6.48. The fourth-order valence-corrected chi connectivity index (χ4v) is 2.49. The summed E-state index contributed by atoms with van der Waals surface area (Å²) in [6.45, 7) is 2.23. The van der Waals surface area contributed by atoms with Gasteiger partial charge in [-0.25, -0.2) is 4.39 Å². The number of alkyl halides is 3. The molecular weight excluding hydrogens is 290 g/mol. The first-order chi connectivity index (χ1) is 9.73. The summed E-state index contributed by atoms with van der Waals surface area (Å²) in [6, 6.07) is 2.44. The Bertz CT molecular complexity index is 544. The van der Waals surface area contributed by atoms with Crippen molar-refractivity contribution >= 4 is 5.91 Å². The molecule has 0 aliphatic carbocycles. The Labute approximate surface area is 119 Å². The lowest BCUT2D eigenvalue weighted by atomic mass is 10.1. The van der Waals surface area contributed by atoms with Gasteiger partial charge in [0.1, 0.15) is 5.82 Å². The molecule has 1 amide bonds. The second kappa shape index (κ2) is 5.63. The van der Waals surface area contributed by atoms with Crippen LogP contribution in [-0.2, 0) is 10.9 Å². The van der Waals surface area contributed by atoms with Crippen LogP contribution in [0.3, 0.4) is 0 Å². The minimum atomic E-state index is -4.83. The van der Waals surface area contributed by atoms with E-state index in [9.17, 15) is 22.4 Å². The van der Waals surface area contributed by atoms with Gasteiger partial charge in [-0.05, 0) is 25.5 Å². The highest BCUT2D eigenvalue weighted by atomic mass is 19.4. The van der Waals surface area contributed by atoms with Crippen LogP contribution in [0.15, 0.2) is 18.2 Å². The lowest BCUT2D eigenvalue weighted by Crippen LogP contribution is -2.41. The lowest BCUT2D eigenvalue weighted by molar-refractivity contribution is -0.140. The summed E-state index contributed by atoms with van der Waals surface area (Å²) in [4.78, 5) is 13.5. The summed E-state index contributed by atoms with van der Waals surface area (Å²) in [5.41, 5.74) is -2.01. The minimum absolute atomic E-state index is 0.229. The van der Waals surface area contributed by atoms with Crippen LogP contribution in [0.2, 0.25) is 0 Å². The summed E-state index contributed by atoms with van der Waals surface area (Å²) in [6.07, 6.45) is -4.49. The molecule has 1 aromatic rings. The molecule has 2 unspecified atom stereocenters. The van der Waals surface area contributed by atoms with Crippen LogP contribution in [-0.4, -0.2) is 36.6 Å². The first kappa shape index (κ1) is 15.8. The predicted molar refractivity (Wildman–Crippen MR) is 67.3 cm³/mol. The maximum atomic E-state index is 14.0. The van der Waals surface area contributed by atoms with Gasteiger partial charge < -0.3 is 9.64 Å². The number of carbonyl (C=O) groups is 1. The molecule has 1 aliphatic rings. The highest BCUT2D eigenvalue weighted by Gasteiger charge is 2.37. The standard InChI is InChI=1S/C14H15F4NO2/c1-8-11(6-7-21-8)19(2)13(20)9-4-3-5-10(12(9)15)14(16,17)18/h3-5,8,11H,6-7H2,1-2H3. The summed E-state index contributed by atoms with van der Waals surface area (Å²) >= 11 is 0. The van der Waals surface area contributed by atoms with Gasteiger partial charge in [0, 0.05) is 13.7 Å². The van der Waals surface area contributed by atoms with Crippen molar-refractivity contribution in [2.45, 2.75) is 31.7 Å². The number of amides is 1. The van der Waals surface area contributed by atoms with E-state index in [1.54, 1.807) is 6.92 Å². The molecule has 0 N–H and O–H groups in total. The zero-order valence-electron chi connectivity index (χ0n) is 11.6. The van der Waals surface area contributed by atoms with Crippen molar-refractivity contribution in [2.75, 3.05) is 13.7 Å². The van der Waals surface area contributed by atoms with Crippen LogP contribution < -0.4 is 0 Å². The van der Waals surface area contributed by atoms with E-state index in [4.69, 9.17) is 4.74 Å². The number of rotatable bonds is 2. The van der Waals surface area contributed by atoms with E-state index in [1.807, 2.05) is 0 Å². The zero-order chi connectivity index (χ0) is 15.8. The average Bonchev–Trinajstić information content (AvgIpc) is 2.82. The molecule has 2 atom stereocenters. The van der Waals surface area contributed by atoms with Crippen molar-refractivity contribution in [1.29, 1.82) is 0 Å². The molecule has 0 radical (unpaired) electrons. The molecule has 2 rings (SSSR count). The third-order valence-corrected chi connectivity index (χ3v) is 3.69. The molecule has 0 bridgehead atoms. The number of carbonyl (C=O) groups excluding carboxylic acids is 1. The molecular formula is C14H15F4NO2. The molecule has 1 aromatic carbocycles. The maximum absolute atomic E-state index is 14.0. The number of benzene rings is 1. The number of ether oxygens (including phenoxy) is 1. The maximum Gasteiger partial charge on any atom is 0.419 e. The predicted octanol–water partition coefficient (Wildman–Crippen LogP) is 3.09. The smallest absolute Gasteiger partial charge is 0.376 e. The third-order valence-electron chi connectivity index (χ3n) is 3.69. The Balaban J connectivity index is 2.31. The van der Waals surface area contributed by atoms with Gasteiger partial charge in [-0.1, -0.05) is 6.07 Å². The Morgan fingerprint density at radius 2 is 2.05 bits per heavy atom. The van der Waals surface area contributed by atoms with E-state index in [-0.39, 0.29) is 12.1 Å². The molecule has 0 saturated carbocycles. The molecule has 3 nitrogen and oxygen atoms in total. The van der Waals surface area contributed by atoms with E-state index in [2.05, 4.69) is 0 Å². The van der Waals surface area contributed by atoms with Crippen LogP contribution in [0.5, 0.6) is 0 Å². The SMILES string of the molecule is CC1OCCC1N(C)C(=O)c1cccc(C(F)(F)F)c1F. The van der Waals surface area contributed by atoms with E-state index >= 15 is 0 Å². The zero-order valence-corrected chi connectivity index (χ0v) is 11.6. The van der Waals surface area contributed by atoms with Crippen LogP contribution in [0.4, 0.5) is 17.6 Å². The van der Waals surface area contributed by atoms with Gasteiger partial charge in [0.25, 0.3) is 5.91 Å². The average molecular weight is 305 g/mol. The van der Waals surface area contributed by atoms with Crippen molar-refractivity contribution in [3.8, 4) is 0 Å². The Kier molecular flexibility index (Phi) is 4.22. The molecule has 1 fully saturated rings. The monoisotopic (exact) mass is 305 g/mol. The largest absolute Gasteiger partial charge is 0.419 e. The van der Waals surface area contributed by atoms with Crippen LogP contribution in [0.1, 0.15) is 29.3 Å². The van der Waals surface area contributed by atoms with E-state index in [0.717, 1.165) is 12.1 Å². The van der Waals surface area contributed by atoms with Crippen molar-refractivity contribution < 1.29 is 27.1 Å². The van der Waals surface area contributed by atoms with Crippen LogP contribution in [0, 0.1) is 5.82 Å². The van der Waals surface area contributed by atoms with E-state index in [0.29, 0.717) is 19.1 Å². The molecule has 1 saturated heterocycles. The first-order valence-corrected chi connectivity index (χ1v) is 6.48. The van der Waals surface area contributed by atoms with Gasteiger partial charge in [-0.3, -0.25) is 4.79 Å². The lowest BCUT2D eigenvalue weighted by Gasteiger charge is -2.27. The number of nitrogens with zero attached hydrogens (tertiary/aromatic N) is 1. The Morgan fingerprint density at radius 1 is 1.38 bits per heavy atom. The van der Waals surface area contributed by atoms with Crippen molar-refractivity contribution in [1.82, 2.24) is 4.90 Å². The van der Waals surface area contributed by atoms with E-state index < -0.39 is 29.0 Å². The number of halogens is 4. The van der Waals surface area contributed by atoms with Crippen LogP contribution in [0.25, 0.3) is 0 Å². The molecule has 7 heteroatoms. The van der Waals surface area contributed by atoms with Gasteiger partial charge in [-0.2, -0.15) is 13.2 Å². The molecule has 1 aliphatic heterocycles. The molecule has 116 valence electrons. The fraction of sp³-hybridized carbons (Fsp3) is 0.500. The van der Waals surface area contributed by atoms with Gasteiger partial charge in [0.15, 0.2) is 0 Å². The second-order valence-electron chi connectivity index (χ2n) is 5.01. The highest BCUT2D eigenvalue weighted by Crippen LogP contribution is 2.33. The normalized spacial score (nSPS) is 22.4. The minimum Gasteiger partial charge on any atom is -0.376 e. The van der Waals surface area contributed by atoms with E-state index in [1.165, 1.54) is 11.9 Å². The summed E-state index contributed by atoms with van der Waals surface area (Å²) in [5.74, 6) is -2.31. The second-order valence-corrected chi connectivity index (χ2v) is 5.01. The quantitative estimate of drug-likeness (QED) is 0.786. The summed E-state index contributed by atoms with van der Waals surface area (Å²) < 4.78 is 57.3. The molecule has 0 aromatic heterocycles. The molecule has 0 spiro atoms. The third kappa shape index (κ3) is 3.02. The van der Waals surface area contributed by atoms with Crippen molar-refractivity contribution in [2.24, 2.45) is 0 Å². The van der Waals surface area contributed by atoms with Crippen LogP contribution >= 0.6 is 0 Å². The fourth-order valence-electron chi connectivity index (χ4n) is 2.49. The van der Waals surface area contributed by atoms with Gasteiger partial charge in [0.05, 0.1) is 23.3 Å². The summed E-state index contributed by atoms with van der Waals surface area (Å²) in [7, 11) is 1.44. The van der Waals surface area contributed by atoms with Gasteiger partial charge >= 0.3 is 6.18 Å². The molecule has 21 heavy (non-hydrogen) atoms. The topological polar surface area (TPSA) is 29.5 Å². The van der Waals surface area contributed by atoms with Crippen molar-refractivity contribution in [3.05, 3.63) is 35.1 Å². The summed E-state index contributed by atoms with van der Waals surface area (Å²) in [5, 5.41) is 0.